The van der Waals surface area contributed by atoms with Crippen LogP contribution < -0.4 is 19.5 Å². The van der Waals surface area contributed by atoms with E-state index in [1.165, 1.54) is 9.91 Å². The summed E-state index contributed by atoms with van der Waals surface area (Å²) in [6.45, 7) is 6.06. The molecule has 0 radical (unpaired) electrons. The predicted octanol–water partition coefficient (Wildman–Crippen LogP) is 3.85. The van der Waals surface area contributed by atoms with Gasteiger partial charge in [-0.25, -0.2) is 9.80 Å². The fourth-order valence-electron chi connectivity index (χ4n) is 4.11. The number of ether oxygens (including phenoxy) is 4. The maximum absolute atomic E-state index is 13.7. The third-order valence-electron chi connectivity index (χ3n) is 6.04. The van der Waals surface area contributed by atoms with Crippen LogP contribution in [0.5, 0.6) is 17.2 Å². The predicted molar refractivity (Wildman–Crippen MR) is 145 cm³/mol. The van der Waals surface area contributed by atoms with Crippen LogP contribution in [-0.4, -0.2) is 81.2 Å². The van der Waals surface area contributed by atoms with Gasteiger partial charge < -0.3 is 29.2 Å². The number of hydrogen-bond donors (Lipinski definition) is 1. The quantitative estimate of drug-likeness (QED) is 0.505. The third kappa shape index (κ3) is 7.16. The van der Waals surface area contributed by atoms with E-state index in [2.05, 4.69) is 5.32 Å². The first kappa shape index (κ1) is 28.8. The summed E-state index contributed by atoms with van der Waals surface area (Å²) in [5.74, 6) is 1.57. The van der Waals surface area contributed by atoms with E-state index in [0.717, 1.165) is 22.6 Å². The molecule has 38 heavy (non-hydrogen) atoms. The summed E-state index contributed by atoms with van der Waals surface area (Å²) < 4.78 is 21.3. The zero-order valence-electron chi connectivity index (χ0n) is 23.2. The van der Waals surface area contributed by atoms with E-state index in [9.17, 15) is 9.59 Å². The van der Waals surface area contributed by atoms with Crippen molar-refractivity contribution in [2.75, 3.05) is 48.1 Å². The molecule has 1 heterocycles. The molecule has 0 saturated carbocycles. The summed E-state index contributed by atoms with van der Waals surface area (Å²) >= 11 is 0. The average molecular weight is 527 g/mol. The van der Waals surface area contributed by atoms with E-state index in [4.69, 9.17) is 24.0 Å². The molecule has 0 spiro atoms. The highest BCUT2D eigenvalue weighted by Crippen LogP contribution is 2.37. The topological polar surface area (TPSA) is 102 Å². The van der Waals surface area contributed by atoms with E-state index in [0.29, 0.717) is 24.5 Å². The zero-order chi connectivity index (χ0) is 27.9. The minimum absolute atomic E-state index is 0.158. The first-order chi connectivity index (χ1) is 18.1. The number of nitrogens with one attached hydrogen (secondary N) is 1. The van der Waals surface area contributed by atoms with Crippen molar-refractivity contribution in [2.24, 2.45) is 5.10 Å². The van der Waals surface area contributed by atoms with Crippen LogP contribution >= 0.6 is 0 Å². The first-order valence-electron chi connectivity index (χ1n) is 12.4. The maximum Gasteiger partial charge on any atom is 0.318 e. The number of hydrazone groups is 1. The Hall–Kier alpha value is -3.79. The Labute approximate surface area is 224 Å². The standard InChI is InChI=1S/C28H38N4O6/c1-28(2,3)29-27(34)31(14-15-35-4)18-26(33)32-23(20-10-13-24(37-6)25(16-20)38-7)17-22(30-32)19-8-11-21(36-5)12-9-19/h8-13,16,23H,14-15,17-18H2,1-7H3,(H,29,34)/t23-/m0/s1. The fourth-order valence-corrected chi connectivity index (χ4v) is 4.11. The van der Waals surface area contributed by atoms with Crippen molar-refractivity contribution in [3.8, 4) is 17.2 Å². The molecule has 1 N–H and O–H groups in total. The Balaban J connectivity index is 1.95. The number of rotatable bonds is 10. The van der Waals surface area contributed by atoms with E-state index in [1.54, 1.807) is 28.4 Å². The van der Waals surface area contributed by atoms with Crippen LogP contribution in [0.25, 0.3) is 0 Å². The minimum Gasteiger partial charge on any atom is -0.497 e. The normalized spacial score (nSPS) is 15.1. The lowest BCUT2D eigenvalue weighted by Gasteiger charge is -2.30. The highest BCUT2D eigenvalue weighted by molar-refractivity contribution is 6.03. The van der Waals surface area contributed by atoms with Crippen LogP contribution in [0.1, 0.15) is 44.4 Å². The van der Waals surface area contributed by atoms with Crippen molar-refractivity contribution in [1.29, 1.82) is 0 Å². The Morgan fingerprint density at radius 1 is 1.00 bits per heavy atom. The second kappa shape index (κ2) is 12.6. The fraction of sp³-hybridized carbons (Fsp3) is 0.464. The summed E-state index contributed by atoms with van der Waals surface area (Å²) in [4.78, 5) is 28.1. The molecule has 0 aromatic heterocycles. The summed E-state index contributed by atoms with van der Waals surface area (Å²) in [6, 6.07) is 12.4. The van der Waals surface area contributed by atoms with Gasteiger partial charge in [0.2, 0.25) is 0 Å². The van der Waals surface area contributed by atoms with Gasteiger partial charge in [-0.2, -0.15) is 5.10 Å². The molecule has 10 nitrogen and oxygen atoms in total. The van der Waals surface area contributed by atoms with Gasteiger partial charge in [0.1, 0.15) is 12.3 Å². The summed E-state index contributed by atoms with van der Waals surface area (Å²) in [5.41, 5.74) is 2.02. The van der Waals surface area contributed by atoms with Crippen molar-refractivity contribution >= 4 is 17.6 Å². The molecular weight excluding hydrogens is 488 g/mol. The molecule has 10 heteroatoms. The number of carbonyl (C=O) groups excluding carboxylic acids is 2. The van der Waals surface area contributed by atoms with Gasteiger partial charge in [-0.3, -0.25) is 4.79 Å². The van der Waals surface area contributed by atoms with Gasteiger partial charge in [-0.1, -0.05) is 6.07 Å². The number of benzene rings is 2. The molecule has 0 aliphatic carbocycles. The summed E-state index contributed by atoms with van der Waals surface area (Å²) in [6.07, 6.45) is 0.486. The van der Waals surface area contributed by atoms with Crippen molar-refractivity contribution in [1.82, 2.24) is 15.2 Å². The van der Waals surface area contributed by atoms with Gasteiger partial charge in [0.05, 0.1) is 39.7 Å². The second-order valence-electron chi connectivity index (χ2n) is 9.94. The molecule has 0 unspecified atom stereocenters. The van der Waals surface area contributed by atoms with E-state index in [1.807, 2.05) is 63.2 Å². The molecule has 1 aliphatic heterocycles. The molecule has 1 atom stereocenters. The van der Waals surface area contributed by atoms with E-state index >= 15 is 0 Å². The average Bonchev–Trinajstić information content (AvgIpc) is 3.35. The van der Waals surface area contributed by atoms with Crippen molar-refractivity contribution in [2.45, 2.75) is 38.8 Å². The molecule has 0 fully saturated rings. The van der Waals surface area contributed by atoms with Crippen molar-refractivity contribution < 1.29 is 28.5 Å². The number of amides is 3. The van der Waals surface area contributed by atoms with Crippen LogP contribution in [0.3, 0.4) is 0 Å². The smallest absolute Gasteiger partial charge is 0.318 e. The lowest BCUT2D eigenvalue weighted by atomic mass is 9.98. The Bertz CT molecular complexity index is 1140. The number of hydrogen-bond acceptors (Lipinski definition) is 7. The molecule has 0 saturated heterocycles. The van der Waals surface area contributed by atoms with Crippen molar-refractivity contribution in [3.63, 3.8) is 0 Å². The monoisotopic (exact) mass is 526 g/mol. The van der Waals surface area contributed by atoms with Gasteiger partial charge in [0.25, 0.3) is 5.91 Å². The van der Waals surface area contributed by atoms with Gasteiger partial charge in [0, 0.05) is 25.6 Å². The van der Waals surface area contributed by atoms with E-state index in [-0.39, 0.29) is 25.0 Å². The van der Waals surface area contributed by atoms with Crippen LogP contribution in [-0.2, 0) is 9.53 Å². The lowest BCUT2D eigenvalue weighted by Crippen LogP contribution is -2.52. The largest absolute Gasteiger partial charge is 0.497 e. The number of nitrogens with zero attached hydrogens (tertiary/aromatic N) is 3. The second-order valence-corrected chi connectivity index (χ2v) is 9.94. The van der Waals surface area contributed by atoms with Crippen molar-refractivity contribution in [3.05, 3.63) is 53.6 Å². The summed E-state index contributed by atoms with van der Waals surface area (Å²) in [7, 11) is 6.31. The number of urea groups is 1. The first-order valence-corrected chi connectivity index (χ1v) is 12.4. The van der Waals surface area contributed by atoms with E-state index < -0.39 is 11.6 Å². The number of carbonyl (C=O) groups is 2. The van der Waals surface area contributed by atoms with Gasteiger partial charge in [-0.05, 0) is 68.3 Å². The lowest BCUT2D eigenvalue weighted by molar-refractivity contribution is -0.133. The molecule has 1 aliphatic rings. The Kier molecular flexibility index (Phi) is 9.57. The van der Waals surface area contributed by atoms with Gasteiger partial charge in [-0.15, -0.1) is 0 Å². The van der Waals surface area contributed by atoms with Gasteiger partial charge >= 0.3 is 6.03 Å². The Morgan fingerprint density at radius 3 is 2.26 bits per heavy atom. The Morgan fingerprint density at radius 2 is 1.68 bits per heavy atom. The maximum atomic E-state index is 13.7. The summed E-state index contributed by atoms with van der Waals surface area (Å²) in [5, 5.41) is 9.12. The molecule has 2 aromatic rings. The molecule has 2 aromatic carbocycles. The SMILES string of the molecule is COCCN(CC(=O)N1N=C(c2ccc(OC)cc2)C[C@H]1c1ccc(OC)c(OC)c1)C(=O)NC(C)(C)C. The molecule has 206 valence electrons. The van der Waals surface area contributed by atoms with Crippen LogP contribution in [0.4, 0.5) is 4.79 Å². The van der Waals surface area contributed by atoms with Crippen LogP contribution in [0.2, 0.25) is 0 Å². The molecule has 3 amide bonds. The molecule has 0 bridgehead atoms. The molecule has 3 rings (SSSR count). The minimum atomic E-state index is -0.457. The van der Waals surface area contributed by atoms with Crippen LogP contribution in [0.15, 0.2) is 47.6 Å². The third-order valence-corrected chi connectivity index (χ3v) is 6.04. The highest BCUT2D eigenvalue weighted by atomic mass is 16.5. The van der Waals surface area contributed by atoms with Crippen LogP contribution in [0, 0.1) is 0 Å². The highest BCUT2D eigenvalue weighted by Gasteiger charge is 2.35. The van der Waals surface area contributed by atoms with Gasteiger partial charge in [0.15, 0.2) is 11.5 Å². The zero-order valence-corrected chi connectivity index (χ0v) is 23.2. The molecular formula is C28H38N4O6. The number of methoxy groups -OCH3 is 4.